The molecule has 1 aromatic carbocycles. The third-order valence-electron chi connectivity index (χ3n) is 3.53. The van der Waals surface area contributed by atoms with Gasteiger partial charge in [-0.1, -0.05) is 0 Å². The Balaban J connectivity index is 2.39. The van der Waals surface area contributed by atoms with E-state index in [4.69, 9.17) is 14.9 Å². The minimum Gasteiger partial charge on any atom is -0.495 e. The molecule has 0 saturated heterocycles. The number of rotatable bonds is 1. The largest absolute Gasteiger partial charge is 0.495 e. The van der Waals surface area contributed by atoms with Crippen LogP contribution in [-0.2, 0) is 0 Å². The number of aryl methyl sites for hydroxylation is 1. The number of fused-ring (bicyclic) bond motifs is 2. The fraction of sp³-hybridized carbons (Fsp3) is 0.250. The van der Waals surface area contributed by atoms with Crippen molar-refractivity contribution >= 4 is 16.8 Å². The molecule has 0 fully saturated rings. The van der Waals surface area contributed by atoms with Gasteiger partial charge in [-0.05, 0) is 13.0 Å². The highest BCUT2D eigenvalue weighted by Crippen LogP contribution is 2.30. The molecule has 1 heterocycles. The highest BCUT2D eigenvalue weighted by Gasteiger charge is 2.14. The van der Waals surface area contributed by atoms with Crippen LogP contribution in [0.3, 0.4) is 0 Å². The smallest absolute Gasteiger partial charge is 0.206 e. The molecule has 0 spiro atoms. The molecule has 1 aromatic rings. The van der Waals surface area contributed by atoms with E-state index >= 15 is 0 Å². The van der Waals surface area contributed by atoms with E-state index < -0.39 is 0 Å². The number of nitrogens with two attached hydrogens (primary N) is 1. The van der Waals surface area contributed by atoms with E-state index in [1.54, 1.807) is 19.2 Å². The van der Waals surface area contributed by atoms with Crippen molar-refractivity contribution < 1.29 is 9.15 Å². The molecule has 0 radical (unpaired) electrons. The Kier molecular flexibility index (Phi) is 3.05. The van der Waals surface area contributed by atoms with Gasteiger partial charge in [-0.2, -0.15) is 0 Å². The van der Waals surface area contributed by atoms with E-state index in [0.717, 1.165) is 27.9 Å². The average molecular weight is 284 g/mol. The van der Waals surface area contributed by atoms with Crippen LogP contribution in [0.1, 0.15) is 5.56 Å². The number of methoxy groups -OCH3 is 1. The van der Waals surface area contributed by atoms with E-state index in [1.165, 1.54) is 0 Å². The van der Waals surface area contributed by atoms with Crippen molar-refractivity contribution in [1.29, 1.82) is 0 Å². The number of aromatic nitrogens is 1. The van der Waals surface area contributed by atoms with Crippen LogP contribution >= 0.6 is 0 Å². The molecule has 0 amide bonds. The Morgan fingerprint density at radius 2 is 1.95 bits per heavy atom. The van der Waals surface area contributed by atoms with E-state index in [9.17, 15) is 0 Å². The zero-order valence-corrected chi connectivity index (χ0v) is 12.6. The van der Waals surface area contributed by atoms with Crippen molar-refractivity contribution in [2.45, 2.75) is 6.92 Å². The molecule has 0 atom stereocenters. The standard InChI is InChI=1S/C16H17N3O2/c1-9-5-11-16(8-13(9)19(2)3)21-15-6-10(17)14(20-4)7-12(15)18-11/h5-8,17H,1-4H3/p+1. The number of anilines is 1. The second kappa shape index (κ2) is 4.77. The van der Waals surface area contributed by atoms with E-state index in [1.807, 2.05) is 26.2 Å². The van der Waals surface area contributed by atoms with Crippen LogP contribution in [0.25, 0.3) is 22.6 Å². The van der Waals surface area contributed by atoms with Crippen molar-refractivity contribution in [2.75, 3.05) is 26.9 Å². The Labute approximate surface area is 122 Å². The van der Waals surface area contributed by atoms with Gasteiger partial charge in [0, 0.05) is 17.7 Å². The van der Waals surface area contributed by atoms with Gasteiger partial charge in [0.15, 0.2) is 11.3 Å². The van der Waals surface area contributed by atoms with Gasteiger partial charge in [0.2, 0.25) is 5.36 Å². The minimum atomic E-state index is 0.537. The van der Waals surface area contributed by atoms with Gasteiger partial charge in [-0.15, -0.1) is 0 Å². The third kappa shape index (κ3) is 2.20. The van der Waals surface area contributed by atoms with Crippen molar-refractivity contribution in [3.63, 3.8) is 0 Å². The Bertz CT molecular complexity index is 877. The average Bonchev–Trinajstić information content (AvgIpc) is 2.44. The lowest BCUT2D eigenvalue weighted by Crippen LogP contribution is -2.24. The Hall–Kier alpha value is -2.56. The summed E-state index contributed by atoms with van der Waals surface area (Å²) in [5.41, 5.74) is 9.80. The fourth-order valence-electron chi connectivity index (χ4n) is 2.47. The van der Waals surface area contributed by atoms with Crippen LogP contribution in [0.15, 0.2) is 28.7 Å². The quantitative estimate of drug-likeness (QED) is 0.421. The van der Waals surface area contributed by atoms with Gasteiger partial charge in [0.25, 0.3) is 0 Å². The normalized spacial score (nSPS) is 11.0. The highest BCUT2D eigenvalue weighted by molar-refractivity contribution is 5.82. The summed E-state index contributed by atoms with van der Waals surface area (Å²) in [5, 5.41) is 1.11. The van der Waals surface area contributed by atoms with Gasteiger partial charge in [0.1, 0.15) is 31.1 Å². The maximum absolute atomic E-state index is 5.95. The molecular weight excluding hydrogens is 266 g/mol. The molecule has 3 rings (SSSR count). The molecule has 0 bridgehead atoms. The lowest BCUT2D eigenvalue weighted by atomic mass is 10.1. The predicted molar refractivity (Wildman–Crippen MR) is 83.4 cm³/mol. The topological polar surface area (TPSA) is 64.3 Å². The summed E-state index contributed by atoms with van der Waals surface area (Å²) in [4.78, 5) is 4.64. The molecule has 5 nitrogen and oxygen atoms in total. The van der Waals surface area contributed by atoms with Crippen LogP contribution < -0.4 is 20.4 Å². The molecule has 0 unspecified atom stereocenters. The summed E-state index contributed by atoms with van der Waals surface area (Å²) in [5.74, 6) is 1.34. The maximum atomic E-state index is 5.95. The van der Waals surface area contributed by atoms with Gasteiger partial charge in [-0.25, -0.2) is 9.56 Å². The summed E-state index contributed by atoms with van der Waals surface area (Å²) in [6.07, 6.45) is 0. The second-order valence-electron chi connectivity index (χ2n) is 5.28. The molecule has 0 aromatic heterocycles. The zero-order chi connectivity index (χ0) is 15.1. The number of benzene rings is 2. The van der Waals surface area contributed by atoms with E-state index in [-0.39, 0.29) is 0 Å². The summed E-state index contributed by atoms with van der Waals surface area (Å²) in [6.45, 7) is 2.06. The first kappa shape index (κ1) is 13.4. The molecule has 21 heavy (non-hydrogen) atoms. The lowest BCUT2D eigenvalue weighted by Gasteiger charge is -2.09. The maximum Gasteiger partial charge on any atom is 0.206 e. The molecule has 2 aliphatic rings. The number of hydrogen-bond acceptors (Lipinski definition) is 4. The van der Waals surface area contributed by atoms with Crippen LogP contribution in [-0.4, -0.2) is 26.2 Å². The van der Waals surface area contributed by atoms with Gasteiger partial charge in [-0.3, -0.25) is 0 Å². The van der Waals surface area contributed by atoms with Crippen molar-refractivity contribution in [1.82, 2.24) is 9.56 Å². The van der Waals surface area contributed by atoms with Crippen LogP contribution in [0.4, 0.5) is 5.69 Å². The van der Waals surface area contributed by atoms with Crippen molar-refractivity contribution in [2.24, 2.45) is 0 Å². The minimum absolute atomic E-state index is 0.537. The first-order valence-corrected chi connectivity index (χ1v) is 6.68. The fourth-order valence-corrected chi connectivity index (χ4v) is 2.47. The third-order valence-corrected chi connectivity index (χ3v) is 3.53. The van der Waals surface area contributed by atoms with Crippen molar-refractivity contribution in [3.8, 4) is 17.2 Å². The van der Waals surface area contributed by atoms with Crippen LogP contribution in [0, 0.1) is 6.92 Å². The van der Waals surface area contributed by atoms with Gasteiger partial charge >= 0.3 is 0 Å². The molecular formula is C16H18N3O2+. The Morgan fingerprint density at radius 1 is 1.19 bits per heavy atom. The van der Waals surface area contributed by atoms with Crippen LogP contribution in [0.2, 0.25) is 0 Å². The zero-order valence-electron chi connectivity index (χ0n) is 12.6. The SMILES string of the molecule is COc1cc2nc3cc(C)c(=[N+](C)C)cc-3oc2cc1N. The second-order valence-corrected chi connectivity index (χ2v) is 5.28. The summed E-state index contributed by atoms with van der Waals surface area (Å²) >= 11 is 0. The Morgan fingerprint density at radius 3 is 2.62 bits per heavy atom. The first-order valence-electron chi connectivity index (χ1n) is 6.68. The highest BCUT2D eigenvalue weighted by atomic mass is 16.5. The number of nitrogen functional groups attached to an aromatic ring is 1. The molecule has 0 saturated carbocycles. The van der Waals surface area contributed by atoms with Gasteiger partial charge in [0.05, 0.1) is 18.9 Å². The molecule has 5 heteroatoms. The molecule has 1 aliphatic carbocycles. The molecule has 108 valence electrons. The summed E-state index contributed by atoms with van der Waals surface area (Å²) < 4.78 is 13.2. The van der Waals surface area contributed by atoms with E-state index in [0.29, 0.717) is 17.0 Å². The van der Waals surface area contributed by atoms with Crippen molar-refractivity contribution in [3.05, 3.63) is 35.2 Å². The summed E-state index contributed by atoms with van der Waals surface area (Å²) in [7, 11) is 5.60. The molecule has 1 aliphatic heterocycles. The van der Waals surface area contributed by atoms with E-state index in [2.05, 4.69) is 16.5 Å². The summed E-state index contributed by atoms with van der Waals surface area (Å²) in [6, 6.07) is 7.56. The number of nitrogens with zero attached hydrogens (tertiary/aromatic N) is 2. The predicted octanol–water partition coefficient (Wildman–Crippen LogP) is 1.86. The number of hydrogen-bond donors (Lipinski definition) is 1. The number of ether oxygens (including phenoxy) is 1. The lowest BCUT2D eigenvalue weighted by molar-refractivity contribution is 0.417. The van der Waals surface area contributed by atoms with Crippen LogP contribution in [0.5, 0.6) is 5.75 Å². The molecule has 2 N–H and O–H groups in total. The van der Waals surface area contributed by atoms with Gasteiger partial charge < -0.3 is 14.9 Å². The first-order chi connectivity index (χ1) is 9.99. The monoisotopic (exact) mass is 284 g/mol.